The molecule has 6 heavy (non-hydrogen) atoms. The summed E-state index contributed by atoms with van der Waals surface area (Å²) in [6, 6.07) is 0. The summed E-state index contributed by atoms with van der Waals surface area (Å²) in [5.41, 5.74) is 0. The highest BCUT2D eigenvalue weighted by atomic mass is 16.1. The molecule has 0 aromatic heterocycles. The van der Waals surface area contributed by atoms with Gasteiger partial charge in [0.2, 0.25) is 0 Å². The number of carbonyl (C=O) groups is 1. The number of primary amides is 1. The maximum Gasteiger partial charge on any atom is 0.284 e. The molecule has 0 aliphatic rings. The Morgan fingerprint density at radius 3 is 2.50 bits per heavy atom. The summed E-state index contributed by atoms with van der Waals surface area (Å²) in [6.45, 7) is 1.81. The first-order chi connectivity index (χ1) is 2.81. The van der Waals surface area contributed by atoms with Gasteiger partial charge in [0.1, 0.15) is 0 Å². The second-order valence-corrected chi connectivity index (χ2v) is 1.02. The third-order valence-electron chi connectivity index (χ3n) is 0.576. The summed E-state index contributed by atoms with van der Waals surface area (Å²) < 4.78 is 0. The molecule has 1 amide bonds. The average molecular weight is 87.1 g/mol. The van der Waals surface area contributed by atoms with Gasteiger partial charge in [-0.25, -0.2) is 4.79 Å². The Morgan fingerprint density at radius 2 is 2.50 bits per heavy atom. The summed E-state index contributed by atoms with van der Waals surface area (Å²) in [7, 11) is 3.28. The van der Waals surface area contributed by atoms with Gasteiger partial charge < -0.3 is 5.32 Å². The van der Waals surface area contributed by atoms with Crippen LogP contribution in [0, 0.1) is 7.05 Å². The van der Waals surface area contributed by atoms with Crippen LogP contribution >= 0.6 is 0 Å². The van der Waals surface area contributed by atoms with Crippen molar-refractivity contribution < 1.29 is 10.1 Å². The lowest BCUT2D eigenvalue weighted by Crippen LogP contribution is -2.81. The molecule has 0 unspecified atom stereocenters. The standard InChI is InChI=1S/C4H9NO/c1-3-4(6)5-2/h2-3,5H2,1H3. The summed E-state index contributed by atoms with van der Waals surface area (Å²) in [5.74, 6) is 0.106. The van der Waals surface area contributed by atoms with Gasteiger partial charge in [-0.05, 0) is 0 Å². The third-order valence-corrected chi connectivity index (χ3v) is 0.576. The van der Waals surface area contributed by atoms with E-state index in [1.807, 2.05) is 6.92 Å². The minimum absolute atomic E-state index is 0.106. The Hall–Kier alpha value is -0.370. The fourth-order valence-corrected chi connectivity index (χ4v) is 0.144. The monoisotopic (exact) mass is 87.1 g/mol. The van der Waals surface area contributed by atoms with Crippen molar-refractivity contribution in [1.29, 1.82) is 0 Å². The molecule has 0 saturated carbocycles. The SMILES string of the molecule is [CH2-][NH2+]C(=O)CC. The molecule has 0 aromatic rings. The van der Waals surface area contributed by atoms with Crippen LogP contribution in [-0.2, 0) is 4.79 Å². The van der Waals surface area contributed by atoms with Gasteiger partial charge in [0.15, 0.2) is 0 Å². The number of carbonyl (C=O) groups excluding carboxylic acids is 1. The molecule has 0 saturated heterocycles. The maximum atomic E-state index is 10.1. The Kier molecular flexibility index (Phi) is 2.67. The maximum absolute atomic E-state index is 10.1. The number of amides is 1. The Balaban J connectivity index is 2.99. The predicted octanol–water partition coefficient (Wildman–Crippen LogP) is -0.722. The molecule has 2 N–H and O–H groups in total. The summed E-state index contributed by atoms with van der Waals surface area (Å²) in [5, 5.41) is 1.33. The fourth-order valence-electron chi connectivity index (χ4n) is 0.144. The van der Waals surface area contributed by atoms with Gasteiger partial charge in [0.25, 0.3) is 5.91 Å². The van der Waals surface area contributed by atoms with Crippen LogP contribution in [0.25, 0.3) is 0 Å². The minimum Gasteiger partial charge on any atom is -0.415 e. The van der Waals surface area contributed by atoms with Crippen molar-refractivity contribution in [3.63, 3.8) is 0 Å². The lowest BCUT2D eigenvalue weighted by Gasteiger charge is -1.87. The molecule has 0 rings (SSSR count). The molecular formula is C4H9NO. The van der Waals surface area contributed by atoms with E-state index in [2.05, 4.69) is 7.05 Å². The van der Waals surface area contributed by atoms with E-state index in [0.29, 0.717) is 6.42 Å². The molecule has 0 heterocycles. The Labute approximate surface area is 37.5 Å². The van der Waals surface area contributed by atoms with E-state index in [9.17, 15) is 4.79 Å². The number of hydrogen-bond acceptors (Lipinski definition) is 1. The lowest BCUT2D eigenvalue weighted by atomic mass is 10.5. The van der Waals surface area contributed by atoms with Gasteiger partial charge >= 0.3 is 0 Å². The van der Waals surface area contributed by atoms with Crippen molar-refractivity contribution in [3.8, 4) is 0 Å². The van der Waals surface area contributed by atoms with Gasteiger partial charge in [0, 0.05) is 0 Å². The van der Waals surface area contributed by atoms with Crippen molar-refractivity contribution in [2.45, 2.75) is 13.3 Å². The Morgan fingerprint density at radius 1 is 2.00 bits per heavy atom. The first-order valence-electron chi connectivity index (χ1n) is 1.96. The van der Waals surface area contributed by atoms with E-state index in [4.69, 9.17) is 0 Å². The minimum atomic E-state index is 0.106. The molecule has 0 fully saturated rings. The lowest BCUT2D eigenvalue weighted by molar-refractivity contribution is -0.507. The number of quaternary nitrogens is 1. The van der Waals surface area contributed by atoms with Gasteiger partial charge in [-0.1, -0.05) is 6.92 Å². The molecule has 2 heteroatoms. The highest BCUT2D eigenvalue weighted by Crippen LogP contribution is 1.62. The van der Waals surface area contributed by atoms with E-state index < -0.39 is 0 Å². The molecule has 0 spiro atoms. The third kappa shape index (κ3) is 1.91. The van der Waals surface area contributed by atoms with Gasteiger partial charge in [-0.15, -0.1) is 7.05 Å². The zero-order chi connectivity index (χ0) is 4.99. The van der Waals surface area contributed by atoms with Gasteiger partial charge in [-0.3, -0.25) is 0 Å². The van der Waals surface area contributed by atoms with E-state index in [1.165, 1.54) is 5.32 Å². The highest BCUT2D eigenvalue weighted by molar-refractivity contribution is 5.64. The van der Waals surface area contributed by atoms with E-state index in [-0.39, 0.29) is 5.91 Å². The quantitative estimate of drug-likeness (QED) is 0.421. The molecule has 0 atom stereocenters. The zero-order valence-corrected chi connectivity index (χ0v) is 3.90. The van der Waals surface area contributed by atoms with E-state index >= 15 is 0 Å². The fraction of sp³-hybridized carbons (Fsp3) is 0.500. The van der Waals surface area contributed by atoms with Crippen molar-refractivity contribution in [2.24, 2.45) is 0 Å². The topological polar surface area (TPSA) is 33.7 Å². The van der Waals surface area contributed by atoms with Crippen LogP contribution in [0.5, 0.6) is 0 Å². The van der Waals surface area contributed by atoms with Crippen molar-refractivity contribution in [1.82, 2.24) is 0 Å². The molecular weight excluding hydrogens is 78.0 g/mol. The summed E-state index contributed by atoms with van der Waals surface area (Å²) >= 11 is 0. The first kappa shape index (κ1) is 5.63. The molecule has 0 bridgehead atoms. The van der Waals surface area contributed by atoms with E-state index in [0.717, 1.165) is 0 Å². The van der Waals surface area contributed by atoms with Crippen LogP contribution in [-0.4, -0.2) is 5.91 Å². The van der Waals surface area contributed by atoms with Crippen LogP contribution in [0.3, 0.4) is 0 Å². The van der Waals surface area contributed by atoms with Crippen LogP contribution in [0.4, 0.5) is 0 Å². The van der Waals surface area contributed by atoms with Crippen LogP contribution in [0.1, 0.15) is 13.3 Å². The predicted molar refractivity (Wildman–Crippen MR) is 22.6 cm³/mol. The largest absolute Gasteiger partial charge is 0.415 e. The summed E-state index contributed by atoms with van der Waals surface area (Å²) in [6.07, 6.45) is 0.573. The van der Waals surface area contributed by atoms with Crippen LogP contribution < -0.4 is 5.32 Å². The molecule has 0 aromatic carbocycles. The summed E-state index contributed by atoms with van der Waals surface area (Å²) in [4.78, 5) is 10.1. The number of rotatable bonds is 1. The zero-order valence-electron chi connectivity index (χ0n) is 3.90. The van der Waals surface area contributed by atoms with Gasteiger partial charge in [0.05, 0.1) is 6.42 Å². The second kappa shape index (κ2) is 2.85. The van der Waals surface area contributed by atoms with Crippen molar-refractivity contribution in [2.75, 3.05) is 0 Å². The molecule has 0 radical (unpaired) electrons. The molecule has 0 aliphatic heterocycles. The number of nitrogens with two attached hydrogens (primary N) is 1. The Bertz CT molecular complexity index is 45.5. The van der Waals surface area contributed by atoms with Crippen molar-refractivity contribution in [3.05, 3.63) is 7.05 Å². The normalized spacial score (nSPS) is 8.33. The second-order valence-electron chi connectivity index (χ2n) is 1.02. The van der Waals surface area contributed by atoms with Crippen LogP contribution in [0.15, 0.2) is 0 Å². The molecule has 0 aliphatic carbocycles. The van der Waals surface area contributed by atoms with Crippen molar-refractivity contribution >= 4 is 5.91 Å². The highest BCUT2D eigenvalue weighted by Gasteiger charge is 1.87. The molecule has 2 nitrogen and oxygen atoms in total. The first-order valence-corrected chi connectivity index (χ1v) is 1.96. The average Bonchev–Trinajstić information content (AvgIpc) is 1.65. The van der Waals surface area contributed by atoms with Crippen LogP contribution in [0.2, 0.25) is 0 Å². The number of hydrogen-bond donors (Lipinski definition) is 1. The van der Waals surface area contributed by atoms with E-state index in [1.54, 1.807) is 0 Å². The molecule has 36 valence electrons. The van der Waals surface area contributed by atoms with Gasteiger partial charge in [-0.2, -0.15) is 0 Å². The smallest absolute Gasteiger partial charge is 0.284 e.